The Morgan fingerprint density at radius 1 is 0.432 bits per heavy atom. The molecule has 1 N–H and O–H groups in total. The highest BCUT2D eigenvalue weighted by atomic mass is 16.5. The first kappa shape index (κ1) is 42.9. The van der Waals surface area contributed by atoms with Gasteiger partial charge in [0.15, 0.2) is 0 Å². The molecule has 0 saturated carbocycles. The molecule has 262 valence electrons. The molecule has 0 spiro atoms. The number of carbonyl (C=O) groups excluding carboxylic acids is 1. The first-order valence-corrected chi connectivity index (χ1v) is 20.0. The van der Waals surface area contributed by atoms with Gasteiger partial charge in [-0.15, -0.1) is 0 Å². The van der Waals surface area contributed by atoms with E-state index in [1.165, 1.54) is 173 Å². The molecular weight excluding hydrogens is 544 g/mol. The van der Waals surface area contributed by atoms with Crippen LogP contribution in [0.15, 0.2) is 0 Å². The lowest BCUT2D eigenvalue weighted by Gasteiger charge is -2.13. The zero-order valence-corrected chi connectivity index (χ0v) is 30.0. The highest BCUT2D eigenvalue weighted by Gasteiger charge is 2.09. The van der Waals surface area contributed by atoms with Gasteiger partial charge in [-0.05, 0) is 32.6 Å². The van der Waals surface area contributed by atoms with Gasteiger partial charge in [0.1, 0.15) is 0 Å². The van der Waals surface area contributed by atoms with Crippen molar-refractivity contribution in [3.8, 4) is 0 Å². The van der Waals surface area contributed by atoms with Gasteiger partial charge in [-0.1, -0.05) is 193 Å². The molecule has 0 bridgehead atoms. The highest BCUT2D eigenvalue weighted by molar-refractivity contribution is 5.69. The molecular formula is C40H78O4. The minimum atomic E-state index is -0.667. The Kier molecular flexibility index (Phi) is 35.5. The summed E-state index contributed by atoms with van der Waals surface area (Å²) in [5, 5.41) is 8.64. The van der Waals surface area contributed by atoms with E-state index in [9.17, 15) is 9.59 Å². The maximum absolute atomic E-state index is 12.2. The maximum Gasteiger partial charge on any atom is 0.306 e. The minimum Gasteiger partial charge on any atom is -0.481 e. The summed E-state index contributed by atoms with van der Waals surface area (Å²) in [5.74, 6) is -0.663. The Labute approximate surface area is 275 Å². The lowest BCUT2D eigenvalue weighted by Crippen LogP contribution is -2.14. The first-order chi connectivity index (χ1) is 21.6. The van der Waals surface area contributed by atoms with E-state index in [0.717, 1.165) is 38.5 Å². The Hall–Kier alpha value is -1.06. The van der Waals surface area contributed by atoms with E-state index in [1.807, 2.05) is 0 Å². The van der Waals surface area contributed by atoms with Crippen molar-refractivity contribution in [2.75, 3.05) is 0 Å². The van der Waals surface area contributed by atoms with Crippen LogP contribution >= 0.6 is 0 Å². The number of hydrogen-bond donors (Lipinski definition) is 1. The Balaban J connectivity index is 3.26. The third kappa shape index (κ3) is 37.1. The number of ether oxygens (including phenoxy) is 1. The van der Waals surface area contributed by atoms with Crippen LogP contribution in [0.4, 0.5) is 0 Å². The van der Waals surface area contributed by atoms with Crippen molar-refractivity contribution >= 4 is 11.9 Å². The van der Waals surface area contributed by atoms with E-state index < -0.39 is 5.97 Å². The monoisotopic (exact) mass is 623 g/mol. The van der Waals surface area contributed by atoms with Crippen LogP contribution in [0.2, 0.25) is 0 Å². The normalized spacial score (nSPS) is 12.0. The molecule has 4 nitrogen and oxygen atoms in total. The van der Waals surface area contributed by atoms with E-state index in [1.54, 1.807) is 0 Å². The summed E-state index contributed by atoms with van der Waals surface area (Å²) in [6.07, 6.45) is 44.0. The second-order valence-electron chi connectivity index (χ2n) is 13.9. The standard InChI is InChI=1S/C40H78O4/c1-3-4-5-6-7-8-9-10-11-12-13-14-15-19-22-25-28-31-34-37-40(43)44-38(2)35-32-29-26-23-20-17-16-18-21-24-27-30-33-36-39(41)42/h38H,3-37H2,1-2H3,(H,41,42). The van der Waals surface area contributed by atoms with Crippen LogP contribution in [0.3, 0.4) is 0 Å². The fourth-order valence-electron chi connectivity index (χ4n) is 6.34. The Morgan fingerprint density at radius 3 is 1.02 bits per heavy atom. The second kappa shape index (κ2) is 36.4. The predicted octanol–water partition coefficient (Wildman–Crippen LogP) is 13.7. The molecule has 44 heavy (non-hydrogen) atoms. The molecule has 0 aliphatic heterocycles. The molecule has 0 aromatic carbocycles. The molecule has 0 aliphatic carbocycles. The Morgan fingerprint density at radius 2 is 0.705 bits per heavy atom. The Bertz CT molecular complexity index is 590. The quantitative estimate of drug-likeness (QED) is 0.0553. The molecule has 0 aromatic heterocycles. The van der Waals surface area contributed by atoms with Gasteiger partial charge in [-0.3, -0.25) is 9.59 Å². The molecule has 4 heteroatoms. The van der Waals surface area contributed by atoms with E-state index in [4.69, 9.17) is 9.84 Å². The SMILES string of the molecule is CCCCCCCCCCCCCCCCCCCCCC(=O)OC(C)CCCCCCCCCCCCCCCC(=O)O. The number of rotatable bonds is 37. The summed E-state index contributed by atoms with van der Waals surface area (Å²) in [7, 11) is 0. The maximum atomic E-state index is 12.2. The predicted molar refractivity (Wildman–Crippen MR) is 190 cm³/mol. The van der Waals surface area contributed by atoms with Crippen molar-refractivity contribution in [1.29, 1.82) is 0 Å². The van der Waals surface area contributed by atoms with Gasteiger partial charge in [-0.2, -0.15) is 0 Å². The minimum absolute atomic E-state index is 0.00438. The molecule has 0 aliphatic rings. The van der Waals surface area contributed by atoms with Gasteiger partial charge < -0.3 is 9.84 Å². The summed E-state index contributed by atoms with van der Waals surface area (Å²) < 4.78 is 5.65. The van der Waals surface area contributed by atoms with Crippen LogP contribution < -0.4 is 0 Å². The van der Waals surface area contributed by atoms with Crippen LogP contribution in [0, 0.1) is 0 Å². The molecule has 0 radical (unpaired) electrons. The fraction of sp³-hybridized carbons (Fsp3) is 0.950. The highest BCUT2D eigenvalue weighted by Crippen LogP contribution is 2.17. The van der Waals surface area contributed by atoms with Crippen LogP contribution in [-0.4, -0.2) is 23.1 Å². The number of unbranched alkanes of at least 4 members (excludes halogenated alkanes) is 30. The van der Waals surface area contributed by atoms with E-state index in [0.29, 0.717) is 12.8 Å². The van der Waals surface area contributed by atoms with Crippen LogP contribution in [0.1, 0.15) is 239 Å². The number of carboxylic acid groups (broad SMARTS) is 1. The van der Waals surface area contributed by atoms with Crippen molar-refractivity contribution < 1.29 is 19.4 Å². The summed E-state index contributed by atoms with van der Waals surface area (Å²) in [4.78, 5) is 22.7. The molecule has 0 amide bonds. The topological polar surface area (TPSA) is 63.6 Å². The zero-order chi connectivity index (χ0) is 32.2. The van der Waals surface area contributed by atoms with Crippen molar-refractivity contribution in [3.05, 3.63) is 0 Å². The lowest BCUT2D eigenvalue weighted by molar-refractivity contribution is -0.148. The summed E-state index contributed by atoms with van der Waals surface area (Å²) in [5.41, 5.74) is 0. The van der Waals surface area contributed by atoms with Gasteiger partial charge in [0, 0.05) is 12.8 Å². The number of hydrogen-bond acceptors (Lipinski definition) is 3. The second-order valence-corrected chi connectivity index (χ2v) is 13.9. The van der Waals surface area contributed by atoms with Crippen molar-refractivity contribution in [3.63, 3.8) is 0 Å². The van der Waals surface area contributed by atoms with E-state index in [-0.39, 0.29) is 12.1 Å². The summed E-state index contributed by atoms with van der Waals surface area (Å²) >= 11 is 0. The van der Waals surface area contributed by atoms with Crippen LogP contribution in [0.25, 0.3) is 0 Å². The molecule has 0 aromatic rings. The van der Waals surface area contributed by atoms with Gasteiger partial charge in [0.25, 0.3) is 0 Å². The molecule has 0 rings (SSSR count). The van der Waals surface area contributed by atoms with Crippen LogP contribution in [-0.2, 0) is 14.3 Å². The third-order valence-corrected chi connectivity index (χ3v) is 9.32. The van der Waals surface area contributed by atoms with Crippen LogP contribution in [0.5, 0.6) is 0 Å². The number of aliphatic carboxylic acids is 1. The van der Waals surface area contributed by atoms with E-state index in [2.05, 4.69) is 13.8 Å². The van der Waals surface area contributed by atoms with Gasteiger partial charge in [0.05, 0.1) is 6.10 Å². The van der Waals surface area contributed by atoms with Crippen molar-refractivity contribution in [1.82, 2.24) is 0 Å². The third-order valence-electron chi connectivity index (χ3n) is 9.32. The molecule has 1 unspecified atom stereocenters. The van der Waals surface area contributed by atoms with Crippen molar-refractivity contribution in [2.45, 2.75) is 245 Å². The number of carbonyl (C=O) groups is 2. The zero-order valence-electron chi connectivity index (χ0n) is 30.0. The average Bonchev–Trinajstić information content (AvgIpc) is 3.00. The van der Waals surface area contributed by atoms with Gasteiger partial charge >= 0.3 is 11.9 Å². The molecule has 1 atom stereocenters. The molecule has 0 saturated heterocycles. The fourth-order valence-corrected chi connectivity index (χ4v) is 6.34. The average molecular weight is 623 g/mol. The first-order valence-electron chi connectivity index (χ1n) is 20.0. The summed E-state index contributed by atoms with van der Waals surface area (Å²) in [6, 6.07) is 0. The molecule has 0 fully saturated rings. The smallest absolute Gasteiger partial charge is 0.306 e. The lowest BCUT2D eigenvalue weighted by atomic mass is 10.0. The largest absolute Gasteiger partial charge is 0.481 e. The number of esters is 1. The molecule has 0 heterocycles. The van der Waals surface area contributed by atoms with Gasteiger partial charge in [-0.25, -0.2) is 0 Å². The summed E-state index contributed by atoms with van der Waals surface area (Å²) in [6.45, 7) is 4.35. The van der Waals surface area contributed by atoms with E-state index >= 15 is 0 Å². The van der Waals surface area contributed by atoms with Gasteiger partial charge in [0.2, 0.25) is 0 Å². The number of carboxylic acids is 1. The van der Waals surface area contributed by atoms with Crippen molar-refractivity contribution in [2.24, 2.45) is 0 Å².